The highest BCUT2D eigenvalue weighted by molar-refractivity contribution is 9.10. The number of aryl methyl sites for hydroxylation is 2. The third-order valence-corrected chi connectivity index (χ3v) is 3.46. The Hall–Kier alpha value is -1.36. The molecule has 0 fully saturated rings. The number of halogens is 1. The van der Waals surface area contributed by atoms with Crippen molar-refractivity contribution in [2.75, 3.05) is 7.11 Å². The number of nitrogens with zero attached hydrogens (tertiary/aromatic N) is 2. The van der Waals surface area contributed by atoms with Gasteiger partial charge in [-0.25, -0.2) is 9.78 Å². The topological polar surface area (TPSA) is 43.6 Å². The molecular formula is C11H11BrN2O2. The minimum atomic E-state index is -0.374. The van der Waals surface area contributed by atoms with E-state index in [2.05, 4.69) is 20.9 Å². The molecule has 0 N–H and O–H groups in total. The highest BCUT2D eigenvalue weighted by Gasteiger charge is 2.18. The van der Waals surface area contributed by atoms with Gasteiger partial charge in [-0.3, -0.25) is 4.40 Å². The zero-order valence-corrected chi connectivity index (χ0v) is 10.8. The first-order valence-corrected chi connectivity index (χ1v) is 5.57. The van der Waals surface area contributed by atoms with Crippen molar-refractivity contribution in [1.29, 1.82) is 0 Å². The molecule has 0 spiro atoms. The summed E-state index contributed by atoms with van der Waals surface area (Å²) in [6.07, 6.45) is 1.82. The van der Waals surface area contributed by atoms with Crippen molar-refractivity contribution in [2.45, 2.75) is 13.8 Å². The largest absolute Gasteiger partial charge is 0.464 e. The van der Waals surface area contributed by atoms with E-state index in [1.807, 2.05) is 19.2 Å². The van der Waals surface area contributed by atoms with E-state index in [-0.39, 0.29) is 5.97 Å². The molecule has 2 aromatic heterocycles. The van der Waals surface area contributed by atoms with E-state index in [1.54, 1.807) is 11.3 Å². The molecule has 0 aliphatic carbocycles. The van der Waals surface area contributed by atoms with Gasteiger partial charge in [-0.1, -0.05) is 0 Å². The maximum Gasteiger partial charge on any atom is 0.356 e. The van der Waals surface area contributed by atoms with E-state index >= 15 is 0 Å². The zero-order chi connectivity index (χ0) is 11.9. The number of hydrogen-bond donors (Lipinski definition) is 0. The van der Waals surface area contributed by atoms with Gasteiger partial charge in [-0.2, -0.15) is 0 Å². The van der Waals surface area contributed by atoms with Crippen LogP contribution in [0.15, 0.2) is 16.7 Å². The maximum atomic E-state index is 11.6. The van der Waals surface area contributed by atoms with Crippen LogP contribution in [-0.2, 0) is 4.74 Å². The van der Waals surface area contributed by atoms with Gasteiger partial charge in [0.15, 0.2) is 11.3 Å². The molecule has 4 nitrogen and oxygen atoms in total. The molecular weight excluding hydrogens is 272 g/mol. The van der Waals surface area contributed by atoms with Crippen LogP contribution in [0.2, 0.25) is 0 Å². The number of aromatic nitrogens is 2. The Morgan fingerprint density at radius 3 is 2.81 bits per heavy atom. The molecule has 84 valence electrons. The number of carbonyl (C=O) groups is 1. The zero-order valence-electron chi connectivity index (χ0n) is 9.24. The van der Waals surface area contributed by atoms with Gasteiger partial charge < -0.3 is 4.74 Å². The Morgan fingerprint density at radius 1 is 1.50 bits per heavy atom. The summed E-state index contributed by atoms with van der Waals surface area (Å²) in [6, 6.07) is 1.92. The Bertz CT molecular complexity index is 575. The van der Waals surface area contributed by atoms with Crippen LogP contribution in [0.4, 0.5) is 0 Å². The molecule has 2 aromatic rings. The van der Waals surface area contributed by atoms with Crippen LogP contribution in [0.5, 0.6) is 0 Å². The summed E-state index contributed by atoms with van der Waals surface area (Å²) in [5.74, 6) is -0.374. The normalized spacial score (nSPS) is 10.8. The number of esters is 1. The Morgan fingerprint density at radius 2 is 2.19 bits per heavy atom. The molecule has 0 saturated heterocycles. The van der Waals surface area contributed by atoms with Crippen molar-refractivity contribution in [1.82, 2.24) is 9.38 Å². The fourth-order valence-electron chi connectivity index (χ4n) is 1.62. The summed E-state index contributed by atoms with van der Waals surface area (Å²) in [6.45, 7) is 3.77. The third-order valence-electron chi connectivity index (χ3n) is 2.48. The molecule has 0 unspecified atom stereocenters. The van der Waals surface area contributed by atoms with Gasteiger partial charge in [-0.15, -0.1) is 0 Å². The maximum absolute atomic E-state index is 11.6. The molecule has 16 heavy (non-hydrogen) atoms. The first-order valence-electron chi connectivity index (χ1n) is 4.78. The fourth-order valence-corrected chi connectivity index (χ4v) is 2.04. The minimum Gasteiger partial charge on any atom is -0.464 e. The molecule has 0 amide bonds. The highest BCUT2D eigenvalue weighted by Crippen LogP contribution is 2.24. The average Bonchev–Trinajstić information content (AvgIpc) is 2.60. The van der Waals surface area contributed by atoms with Crippen LogP contribution in [0.25, 0.3) is 5.65 Å². The molecule has 5 heteroatoms. The minimum absolute atomic E-state index is 0.374. The standard InChI is InChI=1S/C11H11BrN2O2/c1-6-4-5-14-9(11(15)16-3)7(2)13-10(14)8(6)12/h4-5H,1-3H3. The summed E-state index contributed by atoms with van der Waals surface area (Å²) in [5.41, 5.74) is 2.95. The van der Waals surface area contributed by atoms with Crippen LogP contribution < -0.4 is 0 Å². The van der Waals surface area contributed by atoms with Crippen LogP contribution >= 0.6 is 15.9 Å². The predicted octanol–water partition coefficient (Wildman–Crippen LogP) is 2.50. The van der Waals surface area contributed by atoms with E-state index in [0.29, 0.717) is 11.4 Å². The summed E-state index contributed by atoms with van der Waals surface area (Å²) < 4.78 is 7.37. The predicted molar refractivity (Wildman–Crippen MR) is 63.7 cm³/mol. The number of carbonyl (C=O) groups excluding carboxylic acids is 1. The lowest BCUT2D eigenvalue weighted by molar-refractivity contribution is 0.0592. The molecule has 0 saturated carbocycles. The second-order valence-corrected chi connectivity index (χ2v) is 4.34. The average molecular weight is 283 g/mol. The number of fused-ring (bicyclic) bond motifs is 1. The molecule has 0 bridgehead atoms. The second kappa shape index (κ2) is 3.90. The smallest absolute Gasteiger partial charge is 0.356 e. The number of ether oxygens (including phenoxy) is 1. The van der Waals surface area contributed by atoms with E-state index < -0.39 is 0 Å². The first-order chi connectivity index (χ1) is 7.56. The number of methoxy groups -OCH3 is 1. The SMILES string of the molecule is COC(=O)c1c(C)nc2c(Br)c(C)ccn12. The van der Waals surface area contributed by atoms with Crippen molar-refractivity contribution in [3.8, 4) is 0 Å². The molecule has 0 atom stereocenters. The van der Waals surface area contributed by atoms with E-state index in [0.717, 1.165) is 15.7 Å². The number of hydrogen-bond acceptors (Lipinski definition) is 3. The van der Waals surface area contributed by atoms with Gasteiger partial charge >= 0.3 is 5.97 Å². The van der Waals surface area contributed by atoms with Gasteiger partial charge in [0.2, 0.25) is 0 Å². The van der Waals surface area contributed by atoms with Crippen LogP contribution in [0, 0.1) is 13.8 Å². The van der Waals surface area contributed by atoms with Crippen molar-refractivity contribution in [2.24, 2.45) is 0 Å². The summed E-state index contributed by atoms with van der Waals surface area (Å²) in [7, 11) is 1.37. The molecule has 0 radical (unpaired) electrons. The van der Waals surface area contributed by atoms with Gasteiger partial charge in [-0.05, 0) is 41.4 Å². The molecule has 2 rings (SSSR count). The Balaban J connectivity index is 2.82. The Kier molecular flexibility index (Phi) is 2.71. The van der Waals surface area contributed by atoms with Gasteiger partial charge in [0.05, 0.1) is 17.3 Å². The lowest BCUT2D eigenvalue weighted by Crippen LogP contribution is -2.07. The quantitative estimate of drug-likeness (QED) is 0.755. The van der Waals surface area contributed by atoms with E-state index in [1.165, 1.54) is 7.11 Å². The second-order valence-electron chi connectivity index (χ2n) is 3.54. The number of pyridine rings is 1. The molecule has 2 heterocycles. The summed E-state index contributed by atoms with van der Waals surface area (Å²) in [5, 5.41) is 0. The van der Waals surface area contributed by atoms with Gasteiger partial charge in [0, 0.05) is 6.20 Å². The lowest BCUT2D eigenvalue weighted by Gasteiger charge is -2.03. The van der Waals surface area contributed by atoms with E-state index in [4.69, 9.17) is 4.74 Å². The number of rotatable bonds is 1. The van der Waals surface area contributed by atoms with Crippen LogP contribution in [0.1, 0.15) is 21.7 Å². The molecule has 0 aliphatic rings. The fraction of sp³-hybridized carbons (Fsp3) is 0.273. The molecule has 0 aliphatic heterocycles. The lowest BCUT2D eigenvalue weighted by atomic mass is 10.3. The van der Waals surface area contributed by atoms with Crippen molar-refractivity contribution in [3.63, 3.8) is 0 Å². The van der Waals surface area contributed by atoms with Crippen molar-refractivity contribution < 1.29 is 9.53 Å². The summed E-state index contributed by atoms with van der Waals surface area (Å²) >= 11 is 3.46. The monoisotopic (exact) mass is 282 g/mol. The highest BCUT2D eigenvalue weighted by atomic mass is 79.9. The van der Waals surface area contributed by atoms with Gasteiger partial charge in [0.1, 0.15) is 0 Å². The van der Waals surface area contributed by atoms with Crippen LogP contribution in [0.3, 0.4) is 0 Å². The van der Waals surface area contributed by atoms with Crippen molar-refractivity contribution >= 4 is 27.5 Å². The molecule has 0 aromatic carbocycles. The Labute approximate surface area is 101 Å². The third kappa shape index (κ3) is 1.51. The van der Waals surface area contributed by atoms with Crippen LogP contribution in [-0.4, -0.2) is 22.5 Å². The first kappa shape index (κ1) is 11.1. The summed E-state index contributed by atoms with van der Waals surface area (Å²) in [4.78, 5) is 16.0. The van der Waals surface area contributed by atoms with Crippen molar-refractivity contribution in [3.05, 3.63) is 33.7 Å². The van der Waals surface area contributed by atoms with Gasteiger partial charge in [0.25, 0.3) is 0 Å². The van der Waals surface area contributed by atoms with E-state index in [9.17, 15) is 4.79 Å². The number of imidazole rings is 1.